The molecule has 0 aliphatic rings. The summed E-state index contributed by atoms with van der Waals surface area (Å²) in [5.41, 5.74) is 3.31. The van der Waals surface area contributed by atoms with Crippen LogP contribution < -0.4 is 10.1 Å². The van der Waals surface area contributed by atoms with Crippen LogP contribution >= 0.6 is 0 Å². The zero-order valence-electron chi connectivity index (χ0n) is 17.9. The van der Waals surface area contributed by atoms with E-state index in [0.29, 0.717) is 18.9 Å². The van der Waals surface area contributed by atoms with Gasteiger partial charge in [0.05, 0.1) is 0 Å². The Morgan fingerprint density at radius 2 is 1.57 bits per heavy atom. The first-order valence-electron chi connectivity index (χ1n) is 10.4. The highest BCUT2D eigenvalue weighted by molar-refractivity contribution is 5.80. The molecule has 0 radical (unpaired) electrons. The number of nitrogens with one attached hydrogen (secondary N) is 1. The number of hydrogen-bond donors (Lipinski definition) is 2. The normalized spacial score (nSPS) is 12.8. The highest BCUT2D eigenvalue weighted by Crippen LogP contribution is 2.16. The third-order valence-corrected chi connectivity index (χ3v) is 4.81. The summed E-state index contributed by atoms with van der Waals surface area (Å²) in [5, 5.41) is 12.1. The van der Waals surface area contributed by atoms with E-state index in [1.165, 1.54) is 11.1 Å². The van der Waals surface area contributed by atoms with Gasteiger partial charge in [0.15, 0.2) is 12.2 Å². The van der Waals surface area contributed by atoms with E-state index in [1.54, 1.807) is 38.1 Å². The van der Waals surface area contributed by atoms with Crippen molar-refractivity contribution in [3.05, 3.63) is 65.2 Å². The van der Waals surface area contributed by atoms with E-state index < -0.39 is 18.2 Å². The van der Waals surface area contributed by atoms with Gasteiger partial charge >= 0.3 is 5.97 Å². The fourth-order valence-electron chi connectivity index (χ4n) is 3.01. The number of hydrogen-bond acceptors (Lipinski definition) is 4. The lowest BCUT2D eigenvalue weighted by Gasteiger charge is -2.16. The minimum atomic E-state index is -0.983. The molecule has 1 unspecified atom stereocenters. The number of amides is 1. The Kier molecular flexibility index (Phi) is 9.35. The van der Waals surface area contributed by atoms with Crippen LogP contribution in [-0.2, 0) is 33.6 Å². The van der Waals surface area contributed by atoms with Gasteiger partial charge in [0.1, 0.15) is 5.75 Å². The van der Waals surface area contributed by atoms with Gasteiger partial charge in [-0.2, -0.15) is 0 Å². The second kappa shape index (κ2) is 12.0. The summed E-state index contributed by atoms with van der Waals surface area (Å²) in [7, 11) is 0. The van der Waals surface area contributed by atoms with Crippen molar-refractivity contribution in [2.45, 2.75) is 52.2 Å². The van der Waals surface area contributed by atoms with Crippen LogP contribution in [0.5, 0.6) is 5.75 Å². The van der Waals surface area contributed by atoms with Gasteiger partial charge in [0, 0.05) is 19.6 Å². The van der Waals surface area contributed by atoms with Crippen LogP contribution in [0.4, 0.5) is 0 Å². The Bertz CT molecular complexity index is 801. The second-order valence-corrected chi connectivity index (χ2v) is 7.10. The largest absolute Gasteiger partial charge is 0.481 e. The van der Waals surface area contributed by atoms with E-state index in [-0.39, 0.29) is 12.3 Å². The average molecular weight is 414 g/mol. The second-order valence-electron chi connectivity index (χ2n) is 7.10. The van der Waals surface area contributed by atoms with Gasteiger partial charge in [-0.15, -0.1) is 0 Å². The number of carboxylic acid groups (broad SMARTS) is 1. The van der Waals surface area contributed by atoms with E-state index in [4.69, 9.17) is 9.47 Å². The first-order chi connectivity index (χ1) is 14.4. The van der Waals surface area contributed by atoms with E-state index in [9.17, 15) is 14.7 Å². The molecular weight excluding hydrogens is 382 g/mol. The van der Waals surface area contributed by atoms with Crippen LogP contribution in [-0.4, -0.2) is 42.3 Å². The summed E-state index contributed by atoms with van der Waals surface area (Å²) in [6.45, 7) is 6.48. The predicted molar refractivity (Wildman–Crippen MR) is 116 cm³/mol. The molecule has 0 heterocycles. The van der Waals surface area contributed by atoms with Crippen molar-refractivity contribution in [1.82, 2.24) is 5.32 Å². The van der Waals surface area contributed by atoms with Gasteiger partial charge in [0.2, 0.25) is 0 Å². The number of rotatable bonds is 12. The van der Waals surface area contributed by atoms with Crippen molar-refractivity contribution in [3.63, 3.8) is 0 Å². The van der Waals surface area contributed by atoms with Crippen LogP contribution in [0.1, 0.15) is 37.5 Å². The van der Waals surface area contributed by atoms with Crippen molar-refractivity contribution in [2.75, 3.05) is 13.2 Å². The van der Waals surface area contributed by atoms with Crippen molar-refractivity contribution in [2.24, 2.45) is 0 Å². The van der Waals surface area contributed by atoms with Crippen molar-refractivity contribution >= 4 is 11.9 Å². The zero-order chi connectivity index (χ0) is 21.9. The Morgan fingerprint density at radius 3 is 2.13 bits per heavy atom. The molecule has 0 fully saturated rings. The monoisotopic (exact) mass is 413 g/mol. The quantitative estimate of drug-likeness (QED) is 0.557. The summed E-state index contributed by atoms with van der Waals surface area (Å²) in [4.78, 5) is 23.5. The molecule has 6 heteroatoms. The number of aliphatic carboxylic acids is 1. The first kappa shape index (κ1) is 23.4. The van der Waals surface area contributed by atoms with E-state index >= 15 is 0 Å². The Hall–Kier alpha value is -2.86. The SMILES string of the molecule is CCO[C@H](Cc1ccc(OC(C)C(=O)NCCc2ccc(CC)cc2)cc1)C(=O)O. The van der Waals surface area contributed by atoms with Crippen LogP contribution in [0.3, 0.4) is 0 Å². The molecule has 2 aromatic carbocycles. The molecule has 2 N–H and O–H groups in total. The molecule has 2 aromatic rings. The lowest BCUT2D eigenvalue weighted by atomic mass is 10.1. The summed E-state index contributed by atoms with van der Waals surface area (Å²) >= 11 is 0. The third kappa shape index (κ3) is 7.52. The highest BCUT2D eigenvalue weighted by Gasteiger charge is 2.18. The van der Waals surface area contributed by atoms with E-state index in [0.717, 1.165) is 18.4 Å². The minimum absolute atomic E-state index is 0.174. The molecule has 6 nitrogen and oxygen atoms in total. The molecule has 2 rings (SSSR count). The molecule has 0 bridgehead atoms. The lowest BCUT2D eigenvalue weighted by molar-refractivity contribution is -0.150. The van der Waals surface area contributed by atoms with Crippen molar-refractivity contribution in [3.8, 4) is 5.75 Å². The lowest BCUT2D eigenvalue weighted by Crippen LogP contribution is -2.37. The van der Waals surface area contributed by atoms with Crippen LogP contribution in [0.25, 0.3) is 0 Å². The molecule has 0 saturated carbocycles. The fourth-order valence-corrected chi connectivity index (χ4v) is 3.01. The van der Waals surface area contributed by atoms with Gasteiger partial charge in [-0.1, -0.05) is 43.3 Å². The van der Waals surface area contributed by atoms with Crippen LogP contribution in [0, 0.1) is 0 Å². The standard InChI is InChI=1S/C24H31NO5/c1-4-18-6-8-19(9-7-18)14-15-25-23(26)17(3)30-21-12-10-20(11-13-21)16-22(24(27)28)29-5-2/h6-13,17,22H,4-5,14-16H2,1-3H3,(H,25,26)(H,27,28)/t17?,22-/m1/s1. The molecule has 30 heavy (non-hydrogen) atoms. The Balaban J connectivity index is 1.79. The average Bonchev–Trinajstić information content (AvgIpc) is 2.75. The van der Waals surface area contributed by atoms with E-state index in [1.807, 2.05) is 0 Å². The summed E-state index contributed by atoms with van der Waals surface area (Å²) in [6.07, 6.45) is 0.554. The number of aryl methyl sites for hydroxylation is 1. The maximum atomic E-state index is 12.3. The molecule has 2 atom stereocenters. The molecule has 0 aliphatic heterocycles. The van der Waals surface area contributed by atoms with Gasteiger partial charge in [0.25, 0.3) is 5.91 Å². The highest BCUT2D eigenvalue weighted by atomic mass is 16.5. The summed E-state index contributed by atoms with van der Waals surface area (Å²) < 4.78 is 10.9. The zero-order valence-corrected chi connectivity index (χ0v) is 17.9. The topological polar surface area (TPSA) is 84.9 Å². The number of carbonyl (C=O) groups excluding carboxylic acids is 1. The van der Waals surface area contributed by atoms with Crippen LogP contribution in [0.15, 0.2) is 48.5 Å². The smallest absolute Gasteiger partial charge is 0.333 e. The number of carbonyl (C=O) groups is 2. The number of ether oxygens (including phenoxy) is 2. The minimum Gasteiger partial charge on any atom is -0.481 e. The molecule has 0 spiro atoms. The molecule has 162 valence electrons. The molecule has 0 aromatic heterocycles. The Morgan fingerprint density at radius 1 is 0.967 bits per heavy atom. The van der Waals surface area contributed by atoms with Gasteiger partial charge in [-0.3, -0.25) is 4.79 Å². The maximum absolute atomic E-state index is 12.3. The van der Waals surface area contributed by atoms with Gasteiger partial charge in [-0.05, 0) is 55.5 Å². The summed E-state index contributed by atoms with van der Waals surface area (Å²) in [5.74, 6) is -0.602. The maximum Gasteiger partial charge on any atom is 0.333 e. The molecule has 0 aliphatic carbocycles. The molecular formula is C24H31NO5. The fraction of sp³-hybridized carbons (Fsp3) is 0.417. The molecule has 1 amide bonds. The molecule has 0 saturated heterocycles. The van der Waals surface area contributed by atoms with Crippen molar-refractivity contribution in [1.29, 1.82) is 0 Å². The first-order valence-corrected chi connectivity index (χ1v) is 10.4. The summed E-state index contributed by atoms with van der Waals surface area (Å²) in [6, 6.07) is 15.4. The predicted octanol–water partition coefficient (Wildman–Crippen LogP) is 3.41. The Labute approximate surface area is 178 Å². The third-order valence-electron chi connectivity index (χ3n) is 4.81. The van der Waals surface area contributed by atoms with Gasteiger partial charge in [-0.25, -0.2) is 4.79 Å². The van der Waals surface area contributed by atoms with Gasteiger partial charge < -0.3 is 19.9 Å². The van der Waals surface area contributed by atoms with Crippen LogP contribution in [0.2, 0.25) is 0 Å². The number of benzene rings is 2. The van der Waals surface area contributed by atoms with E-state index in [2.05, 4.69) is 36.5 Å². The number of carboxylic acids is 1. The van der Waals surface area contributed by atoms with Crippen molar-refractivity contribution < 1.29 is 24.2 Å².